The van der Waals surface area contributed by atoms with Gasteiger partial charge in [0.05, 0.1) is 0 Å². The molecule has 4 heteroatoms. The first-order valence-corrected chi connectivity index (χ1v) is 7.11. The number of rotatable bonds is 2. The molecule has 0 aliphatic rings. The van der Waals surface area contributed by atoms with Crippen LogP contribution in [-0.2, 0) is 10.7 Å². The van der Waals surface area contributed by atoms with Crippen molar-refractivity contribution < 1.29 is 0 Å². The standard InChI is InChI=1S/C8H6Br4/c9-3-5-1-2-7(11)6(4-10)8(5)12/h1-2H,3-4H2. The first-order chi connectivity index (χ1) is 5.70. The molecule has 0 radical (unpaired) electrons. The van der Waals surface area contributed by atoms with E-state index in [9.17, 15) is 0 Å². The van der Waals surface area contributed by atoms with Crippen LogP contribution in [0.25, 0.3) is 0 Å². The van der Waals surface area contributed by atoms with Crippen molar-refractivity contribution >= 4 is 63.7 Å². The summed E-state index contributed by atoms with van der Waals surface area (Å²) in [6.45, 7) is 0. The quantitative estimate of drug-likeness (QED) is 0.589. The predicted octanol–water partition coefficient (Wildman–Crippen LogP) is 5.00. The number of hydrogen-bond donors (Lipinski definition) is 0. The van der Waals surface area contributed by atoms with Gasteiger partial charge in [0.2, 0.25) is 0 Å². The third kappa shape index (κ3) is 2.34. The van der Waals surface area contributed by atoms with Gasteiger partial charge in [-0.2, -0.15) is 0 Å². The van der Waals surface area contributed by atoms with Crippen LogP contribution in [0.5, 0.6) is 0 Å². The van der Waals surface area contributed by atoms with E-state index in [0.29, 0.717) is 0 Å². The minimum atomic E-state index is 0.856. The summed E-state index contributed by atoms with van der Waals surface area (Å²) in [5.41, 5.74) is 2.53. The summed E-state index contributed by atoms with van der Waals surface area (Å²) in [5, 5.41) is 1.73. The van der Waals surface area contributed by atoms with Crippen molar-refractivity contribution in [1.82, 2.24) is 0 Å². The van der Waals surface area contributed by atoms with Crippen molar-refractivity contribution in [3.05, 3.63) is 32.2 Å². The largest absolute Gasteiger partial charge is 0.0876 e. The molecule has 0 aliphatic carbocycles. The molecule has 0 spiro atoms. The highest BCUT2D eigenvalue weighted by Gasteiger charge is 2.07. The molecule has 0 heterocycles. The zero-order valence-electron chi connectivity index (χ0n) is 6.08. The molecule has 0 aliphatic heterocycles. The number of benzene rings is 1. The van der Waals surface area contributed by atoms with Crippen LogP contribution in [-0.4, -0.2) is 0 Å². The Balaban J connectivity index is 3.24. The Morgan fingerprint density at radius 1 is 1.00 bits per heavy atom. The molecule has 0 nitrogen and oxygen atoms in total. The van der Waals surface area contributed by atoms with Gasteiger partial charge in [0.25, 0.3) is 0 Å². The Kier molecular flexibility index (Phi) is 4.79. The smallest absolute Gasteiger partial charge is 0.0305 e. The van der Waals surface area contributed by atoms with E-state index in [2.05, 4.69) is 75.9 Å². The van der Waals surface area contributed by atoms with E-state index in [1.165, 1.54) is 15.6 Å². The molecule has 0 N–H and O–H groups in total. The monoisotopic (exact) mass is 418 g/mol. The van der Waals surface area contributed by atoms with Gasteiger partial charge in [0.15, 0.2) is 0 Å². The molecule has 1 aromatic rings. The molecule has 0 fully saturated rings. The molecule has 0 atom stereocenters. The number of hydrogen-bond acceptors (Lipinski definition) is 0. The highest BCUT2D eigenvalue weighted by molar-refractivity contribution is 9.11. The Labute approximate surface area is 106 Å². The van der Waals surface area contributed by atoms with E-state index in [1.807, 2.05) is 0 Å². The van der Waals surface area contributed by atoms with Crippen LogP contribution in [0.1, 0.15) is 11.1 Å². The van der Waals surface area contributed by atoms with Crippen molar-refractivity contribution in [1.29, 1.82) is 0 Å². The summed E-state index contributed by atoms with van der Waals surface area (Å²) in [5.74, 6) is 0. The average Bonchev–Trinajstić information content (AvgIpc) is 2.06. The van der Waals surface area contributed by atoms with Gasteiger partial charge in [-0.05, 0) is 17.2 Å². The van der Waals surface area contributed by atoms with Crippen LogP contribution < -0.4 is 0 Å². The second-order valence-corrected chi connectivity index (χ2v) is 5.04. The lowest BCUT2D eigenvalue weighted by atomic mass is 10.2. The van der Waals surface area contributed by atoms with E-state index < -0.39 is 0 Å². The topological polar surface area (TPSA) is 0 Å². The molecular weight excluding hydrogens is 416 g/mol. The maximum Gasteiger partial charge on any atom is 0.0305 e. The Morgan fingerprint density at radius 2 is 1.67 bits per heavy atom. The molecule has 12 heavy (non-hydrogen) atoms. The van der Waals surface area contributed by atoms with Crippen molar-refractivity contribution in [3.63, 3.8) is 0 Å². The number of alkyl halides is 2. The third-order valence-electron chi connectivity index (χ3n) is 1.54. The SMILES string of the molecule is BrCc1ccc(Br)c(CBr)c1Br. The summed E-state index contributed by atoms with van der Waals surface area (Å²) in [7, 11) is 0. The Bertz CT molecular complexity index is 283. The first-order valence-electron chi connectivity index (χ1n) is 3.28. The van der Waals surface area contributed by atoms with E-state index >= 15 is 0 Å². The summed E-state index contributed by atoms with van der Waals surface area (Å²) in [4.78, 5) is 0. The third-order valence-corrected chi connectivity index (χ3v) is 4.44. The Hall–Kier alpha value is 1.14. The van der Waals surface area contributed by atoms with E-state index in [-0.39, 0.29) is 0 Å². The molecule has 0 saturated heterocycles. The average molecular weight is 422 g/mol. The predicted molar refractivity (Wildman–Crippen MR) is 67.1 cm³/mol. The van der Waals surface area contributed by atoms with Crippen molar-refractivity contribution in [2.75, 3.05) is 0 Å². The summed E-state index contributed by atoms with van der Waals surface area (Å²) in [6.07, 6.45) is 0. The van der Waals surface area contributed by atoms with Crippen molar-refractivity contribution in [2.24, 2.45) is 0 Å². The van der Waals surface area contributed by atoms with Crippen LogP contribution in [0.4, 0.5) is 0 Å². The second kappa shape index (κ2) is 5.13. The van der Waals surface area contributed by atoms with Crippen LogP contribution in [0.3, 0.4) is 0 Å². The minimum absolute atomic E-state index is 0.856. The lowest BCUT2D eigenvalue weighted by Crippen LogP contribution is -1.88. The minimum Gasteiger partial charge on any atom is -0.0876 e. The van der Waals surface area contributed by atoms with Crippen LogP contribution >= 0.6 is 63.7 Å². The van der Waals surface area contributed by atoms with Crippen molar-refractivity contribution in [3.8, 4) is 0 Å². The molecular formula is C8H6Br4. The lowest BCUT2D eigenvalue weighted by molar-refractivity contribution is 1.29. The van der Waals surface area contributed by atoms with Gasteiger partial charge >= 0.3 is 0 Å². The second-order valence-electron chi connectivity index (χ2n) is 2.27. The maximum absolute atomic E-state index is 3.56. The summed E-state index contributed by atoms with van der Waals surface area (Å²) in [6, 6.07) is 4.16. The van der Waals surface area contributed by atoms with Gasteiger partial charge in [-0.3, -0.25) is 0 Å². The highest BCUT2D eigenvalue weighted by Crippen LogP contribution is 2.31. The van der Waals surface area contributed by atoms with Gasteiger partial charge in [-0.25, -0.2) is 0 Å². The molecule has 0 aromatic heterocycles. The molecule has 0 bridgehead atoms. The van der Waals surface area contributed by atoms with E-state index in [0.717, 1.165) is 15.1 Å². The van der Waals surface area contributed by atoms with Gasteiger partial charge in [-0.1, -0.05) is 69.8 Å². The zero-order chi connectivity index (χ0) is 9.14. The molecule has 1 rings (SSSR count). The zero-order valence-corrected chi connectivity index (χ0v) is 12.4. The van der Waals surface area contributed by atoms with Crippen LogP contribution in [0.15, 0.2) is 21.1 Å². The summed E-state index contributed by atoms with van der Waals surface area (Å²) >= 11 is 13.9. The number of halogens is 4. The first kappa shape index (κ1) is 11.2. The Morgan fingerprint density at radius 3 is 2.17 bits per heavy atom. The van der Waals surface area contributed by atoms with Crippen LogP contribution in [0, 0.1) is 0 Å². The molecule has 0 saturated carbocycles. The molecule has 66 valence electrons. The van der Waals surface area contributed by atoms with E-state index in [4.69, 9.17) is 0 Å². The lowest BCUT2D eigenvalue weighted by Gasteiger charge is -2.07. The summed E-state index contributed by atoms with van der Waals surface area (Å²) < 4.78 is 2.31. The normalized spacial score (nSPS) is 10.3. The van der Waals surface area contributed by atoms with Crippen LogP contribution in [0.2, 0.25) is 0 Å². The molecule has 1 aromatic carbocycles. The van der Waals surface area contributed by atoms with Crippen molar-refractivity contribution in [2.45, 2.75) is 10.7 Å². The van der Waals surface area contributed by atoms with Gasteiger partial charge in [0.1, 0.15) is 0 Å². The van der Waals surface area contributed by atoms with Gasteiger partial charge in [-0.15, -0.1) is 0 Å². The fourth-order valence-electron chi connectivity index (χ4n) is 0.872. The fourth-order valence-corrected chi connectivity index (χ4v) is 4.41. The van der Waals surface area contributed by atoms with Gasteiger partial charge < -0.3 is 0 Å². The maximum atomic E-state index is 3.56. The molecule has 0 unspecified atom stereocenters. The fraction of sp³-hybridized carbons (Fsp3) is 0.250. The molecule has 0 amide bonds. The highest BCUT2D eigenvalue weighted by atomic mass is 79.9. The van der Waals surface area contributed by atoms with Gasteiger partial charge in [0, 0.05) is 19.6 Å². The van der Waals surface area contributed by atoms with E-state index in [1.54, 1.807) is 0 Å².